The summed E-state index contributed by atoms with van der Waals surface area (Å²) in [6.45, 7) is 2.10. The van der Waals surface area contributed by atoms with Crippen LogP contribution in [0.25, 0.3) is 0 Å². The monoisotopic (exact) mass is 211 g/mol. The van der Waals surface area contributed by atoms with E-state index in [2.05, 4.69) is 10.6 Å². The van der Waals surface area contributed by atoms with Gasteiger partial charge in [0.15, 0.2) is 0 Å². The second-order valence-electron chi connectivity index (χ2n) is 3.22. The molecule has 0 radical (unpaired) electrons. The Kier molecular flexibility index (Phi) is 4.05. The first kappa shape index (κ1) is 11.5. The maximum Gasteiger partial charge on any atom is 0.319 e. The van der Waals surface area contributed by atoms with Crippen LogP contribution in [0.4, 0.5) is 14.9 Å². The molecule has 0 aliphatic rings. The Hall–Kier alpha value is -1.62. The number of halogens is 1. The van der Waals surface area contributed by atoms with Crippen LogP contribution in [0, 0.1) is 5.82 Å². The molecule has 0 saturated carbocycles. The van der Waals surface area contributed by atoms with Gasteiger partial charge in [-0.2, -0.15) is 0 Å². The van der Waals surface area contributed by atoms with Gasteiger partial charge in [-0.1, -0.05) is 12.1 Å². The molecule has 15 heavy (non-hydrogen) atoms. The van der Waals surface area contributed by atoms with E-state index in [4.69, 9.17) is 5.73 Å². The Morgan fingerprint density at radius 3 is 2.80 bits per heavy atom. The highest BCUT2D eigenvalue weighted by Crippen LogP contribution is 2.11. The largest absolute Gasteiger partial charge is 0.334 e. The molecule has 0 bridgehead atoms. The number of rotatable bonds is 3. The van der Waals surface area contributed by atoms with E-state index in [9.17, 15) is 9.18 Å². The topological polar surface area (TPSA) is 67.1 Å². The van der Waals surface area contributed by atoms with Crippen LogP contribution in [0.15, 0.2) is 24.3 Å². The Balaban J connectivity index is 2.55. The Morgan fingerprint density at radius 2 is 2.20 bits per heavy atom. The average Bonchev–Trinajstić information content (AvgIpc) is 2.21. The van der Waals surface area contributed by atoms with E-state index in [0.29, 0.717) is 6.54 Å². The van der Waals surface area contributed by atoms with E-state index in [-0.39, 0.29) is 11.7 Å². The molecule has 5 heteroatoms. The fourth-order valence-corrected chi connectivity index (χ4v) is 1.00. The van der Waals surface area contributed by atoms with Gasteiger partial charge in [-0.25, -0.2) is 9.18 Å². The van der Waals surface area contributed by atoms with Crippen molar-refractivity contribution in [2.75, 3.05) is 11.9 Å². The van der Waals surface area contributed by atoms with E-state index < -0.39 is 11.8 Å². The Morgan fingerprint density at radius 1 is 1.53 bits per heavy atom. The normalized spacial score (nSPS) is 11.9. The highest BCUT2D eigenvalue weighted by atomic mass is 19.1. The van der Waals surface area contributed by atoms with Gasteiger partial charge in [-0.05, 0) is 19.1 Å². The SMILES string of the molecule is CC(CN)NC(=O)Nc1ccccc1F. The minimum absolute atomic E-state index is 0.142. The number of nitrogens with two attached hydrogens (primary N) is 1. The molecule has 1 unspecified atom stereocenters. The minimum Gasteiger partial charge on any atom is -0.334 e. The zero-order chi connectivity index (χ0) is 11.3. The molecule has 0 aromatic heterocycles. The van der Waals surface area contributed by atoms with E-state index in [1.807, 2.05) is 0 Å². The molecule has 0 spiro atoms. The summed E-state index contributed by atoms with van der Waals surface area (Å²) >= 11 is 0. The summed E-state index contributed by atoms with van der Waals surface area (Å²) in [5.74, 6) is -0.465. The van der Waals surface area contributed by atoms with Crippen molar-refractivity contribution in [3.63, 3.8) is 0 Å². The summed E-state index contributed by atoms with van der Waals surface area (Å²) in [6.07, 6.45) is 0. The second kappa shape index (κ2) is 5.31. The van der Waals surface area contributed by atoms with E-state index in [1.54, 1.807) is 19.1 Å². The van der Waals surface area contributed by atoms with Crippen LogP contribution in [0.5, 0.6) is 0 Å². The lowest BCUT2D eigenvalue weighted by Crippen LogP contribution is -2.40. The highest BCUT2D eigenvalue weighted by Gasteiger charge is 2.07. The molecule has 1 aromatic carbocycles. The first-order valence-corrected chi connectivity index (χ1v) is 4.65. The lowest BCUT2D eigenvalue weighted by Gasteiger charge is -2.12. The van der Waals surface area contributed by atoms with Crippen molar-refractivity contribution in [2.24, 2.45) is 5.73 Å². The van der Waals surface area contributed by atoms with Crippen LogP contribution in [-0.4, -0.2) is 18.6 Å². The molecule has 1 atom stereocenters. The van der Waals surface area contributed by atoms with Crippen molar-refractivity contribution in [3.8, 4) is 0 Å². The molecule has 2 amide bonds. The second-order valence-corrected chi connectivity index (χ2v) is 3.22. The Bertz CT molecular complexity index is 343. The lowest BCUT2D eigenvalue weighted by atomic mass is 10.3. The maximum absolute atomic E-state index is 13.1. The minimum atomic E-state index is -0.465. The van der Waals surface area contributed by atoms with Crippen LogP contribution in [0.2, 0.25) is 0 Å². The van der Waals surface area contributed by atoms with Crippen LogP contribution < -0.4 is 16.4 Å². The molecule has 0 aliphatic heterocycles. The molecule has 0 saturated heterocycles. The number of urea groups is 1. The summed E-state index contributed by atoms with van der Waals surface area (Å²) in [5.41, 5.74) is 5.48. The molecule has 4 N–H and O–H groups in total. The zero-order valence-electron chi connectivity index (χ0n) is 8.46. The number of hydrogen-bond donors (Lipinski definition) is 3. The predicted molar refractivity (Wildman–Crippen MR) is 57.1 cm³/mol. The molecule has 1 aromatic rings. The van der Waals surface area contributed by atoms with Crippen molar-refractivity contribution in [1.29, 1.82) is 0 Å². The van der Waals surface area contributed by atoms with E-state index in [0.717, 1.165) is 0 Å². The van der Waals surface area contributed by atoms with Gasteiger partial charge in [0.05, 0.1) is 5.69 Å². The standard InChI is InChI=1S/C10H14FN3O/c1-7(6-12)13-10(15)14-9-5-3-2-4-8(9)11/h2-5,7H,6,12H2,1H3,(H2,13,14,15). The van der Waals surface area contributed by atoms with E-state index in [1.165, 1.54) is 12.1 Å². The summed E-state index contributed by atoms with van der Waals surface area (Å²) in [6, 6.07) is 5.37. The fourth-order valence-electron chi connectivity index (χ4n) is 1.00. The van der Waals surface area contributed by atoms with Gasteiger partial charge in [0.25, 0.3) is 0 Å². The number of nitrogens with one attached hydrogen (secondary N) is 2. The predicted octanol–water partition coefficient (Wildman–Crippen LogP) is 1.29. The Labute approximate surface area is 87.7 Å². The van der Waals surface area contributed by atoms with Gasteiger partial charge in [0, 0.05) is 12.6 Å². The van der Waals surface area contributed by atoms with Gasteiger partial charge >= 0.3 is 6.03 Å². The summed E-state index contributed by atoms with van der Waals surface area (Å²) in [4.78, 5) is 11.3. The highest BCUT2D eigenvalue weighted by molar-refractivity contribution is 5.89. The molecular formula is C10H14FN3O. The third kappa shape index (κ3) is 3.55. The smallest absolute Gasteiger partial charge is 0.319 e. The lowest BCUT2D eigenvalue weighted by molar-refractivity contribution is 0.249. The molecule has 4 nitrogen and oxygen atoms in total. The number of para-hydroxylation sites is 1. The van der Waals surface area contributed by atoms with Crippen molar-refractivity contribution < 1.29 is 9.18 Å². The van der Waals surface area contributed by atoms with Gasteiger partial charge in [0.2, 0.25) is 0 Å². The maximum atomic E-state index is 13.1. The van der Waals surface area contributed by atoms with Gasteiger partial charge in [-0.15, -0.1) is 0 Å². The summed E-state index contributed by atoms with van der Waals surface area (Å²) < 4.78 is 13.1. The number of anilines is 1. The van der Waals surface area contributed by atoms with Crippen molar-refractivity contribution in [3.05, 3.63) is 30.1 Å². The third-order valence-corrected chi connectivity index (χ3v) is 1.85. The molecule has 0 heterocycles. The number of hydrogen-bond acceptors (Lipinski definition) is 2. The average molecular weight is 211 g/mol. The van der Waals surface area contributed by atoms with Crippen molar-refractivity contribution in [1.82, 2.24) is 5.32 Å². The first-order valence-electron chi connectivity index (χ1n) is 4.65. The molecule has 82 valence electrons. The number of carbonyl (C=O) groups excluding carboxylic acids is 1. The van der Waals surface area contributed by atoms with Crippen LogP contribution in [0.3, 0.4) is 0 Å². The van der Waals surface area contributed by atoms with Gasteiger partial charge < -0.3 is 16.4 Å². The summed E-state index contributed by atoms with van der Waals surface area (Å²) in [7, 11) is 0. The fraction of sp³-hybridized carbons (Fsp3) is 0.300. The van der Waals surface area contributed by atoms with Crippen LogP contribution in [0.1, 0.15) is 6.92 Å². The van der Waals surface area contributed by atoms with Crippen LogP contribution in [-0.2, 0) is 0 Å². The van der Waals surface area contributed by atoms with Gasteiger partial charge in [-0.3, -0.25) is 0 Å². The number of amides is 2. The first-order chi connectivity index (χ1) is 7.13. The third-order valence-electron chi connectivity index (χ3n) is 1.85. The zero-order valence-corrected chi connectivity index (χ0v) is 8.46. The van der Waals surface area contributed by atoms with Crippen LogP contribution >= 0.6 is 0 Å². The quantitative estimate of drug-likeness (QED) is 0.705. The molecule has 0 fully saturated rings. The molecule has 0 aliphatic carbocycles. The summed E-state index contributed by atoms with van der Waals surface area (Å²) in [5, 5.41) is 4.96. The molecular weight excluding hydrogens is 197 g/mol. The van der Waals surface area contributed by atoms with E-state index >= 15 is 0 Å². The number of carbonyl (C=O) groups is 1. The number of benzene rings is 1. The van der Waals surface area contributed by atoms with Gasteiger partial charge in [0.1, 0.15) is 5.82 Å². The molecule has 1 rings (SSSR count). The van der Waals surface area contributed by atoms with Crippen molar-refractivity contribution in [2.45, 2.75) is 13.0 Å². The van der Waals surface area contributed by atoms with Crippen molar-refractivity contribution >= 4 is 11.7 Å².